The Morgan fingerprint density at radius 3 is 2.54 bits per heavy atom. The molecule has 1 unspecified atom stereocenters. The summed E-state index contributed by atoms with van der Waals surface area (Å²) in [5.74, 6) is -0.690. The average molecular weight is 386 g/mol. The standard InChI is InChI=1S/C21H20F2N2O3/c1-11-8-15(12-4-5-14(22)20(23)21(12)24-11)25-9-13-17(27-2)6-7-18(28-3)19(13)16(26)10-25/h4-8,16,26H,9-10H2,1-3H3. The number of ether oxygens (including phenoxy) is 2. The minimum absolute atomic E-state index is 0.0205. The summed E-state index contributed by atoms with van der Waals surface area (Å²) >= 11 is 0. The van der Waals surface area contributed by atoms with Gasteiger partial charge in [0.2, 0.25) is 0 Å². The van der Waals surface area contributed by atoms with Gasteiger partial charge in [-0.15, -0.1) is 0 Å². The van der Waals surface area contributed by atoms with Gasteiger partial charge in [0.15, 0.2) is 11.6 Å². The summed E-state index contributed by atoms with van der Waals surface area (Å²) in [6.07, 6.45) is -0.831. The number of nitrogens with zero attached hydrogens (tertiary/aromatic N) is 2. The van der Waals surface area contributed by atoms with Crippen molar-refractivity contribution in [3.8, 4) is 11.5 Å². The maximum Gasteiger partial charge on any atom is 0.185 e. The smallest absolute Gasteiger partial charge is 0.185 e. The number of methoxy groups -OCH3 is 2. The van der Waals surface area contributed by atoms with Crippen LogP contribution in [0.5, 0.6) is 11.5 Å². The van der Waals surface area contributed by atoms with Crippen LogP contribution in [0.1, 0.15) is 22.9 Å². The fourth-order valence-corrected chi connectivity index (χ4v) is 3.86. The number of aliphatic hydroxyl groups excluding tert-OH is 1. The maximum absolute atomic E-state index is 14.3. The molecule has 1 aliphatic rings. The summed E-state index contributed by atoms with van der Waals surface area (Å²) in [6.45, 7) is 2.42. The van der Waals surface area contributed by atoms with Gasteiger partial charge in [-0.3, -0.25) is 0 Å². The molecule has 1 atom stereocenters. The molecule has 0 radical (unpaired) electrons. The Morgan fingerprint density at radius 2 is 1.82 bits per heavy atom. The van der Waals surface area contributed by atoms with E-state index in [0.29, 0.717) is 40.4 Å². The Kier molecular flexibility index (Phi) is 4.55. The summed E-state index contributed by atoms with van der Waals surface area (Å²) in [7, 11) is 3.12. The predicted molar refractivity (Wildman–Crippen MR) is 102 cm³/mol. The second-order valence-electron chi connectivity index (χ2n) is 6.80. The van der Waals surface area contributed by atoms with Crippen molar-refractivity contribution in [2.45, 2.75) is 19.6 Å². The van der Waals surface area contributed by atoms with E-state index in [9.17, 15) is 13.9 Å². The van der Waals surface area contributed by atoms with E-state index in [0.717, 1.165) is 11.6 Å². The lowest BCUT2D eigenvalue weighted by Crippen LogP contribution is -2.34. The third kappa shape index (κ3) is 2.82. The molecule has 28 heavy (non-hydrogen) atoms. The Labute approximate surface area is 161 Å². The highest BCUT2D eigenvalue weighted by Gasteiger charge is 2.31. The summed E-state index contributed by atoms with van der Waals surface area (Å²) in [6, 6.07) is 7.97. The second-order valence-corrected chi connectivity index (χ2v) is 6.80. The lowest BCUT2D eigenvalue weighted by molar-refractivity contribution is 0.170. The second kappa shape index (κ2) is 6.91. The van der Waals surface area contributed by atoms with Crippen LogP contribution in [0.15, 0.2) is 30.3 Å². The minimum Gasteiger partial charge on any atom is -0.496 e. The van der Waals surface area contributed by atoms with E-state index in [-0.39, 0.29) is 12.1 Å². The molecule has 2 heterocycles. The SMILES string of the molecule is COc1ccc(OC)c2c1CN(c1cc(C)nc3c(F)c(F)ccc13)CC2O. The van der Waals surface area contributed by atoms with E-state index in [2.05, 4.69) is 4.98 Å². The number of aromatic nitrogens is 1. The van der Waals surface area contributed by atoms with Gasteiger partial charge in [0, 0.05) is 41.0 Å². The number of benzene rings is 2. The predicted octanol–water partition coefficient (Wildman–Crippen LogP) is 3.89. The summed E-state index contributed by atoms with van der Waals surface area (Å²) in [4.78, 5) is 6.09. The third-order valence-corrected chi connectivity index (χ3v) is 5.11. The molecule has 0 saturated carbocycles. The molecule has 2 aromatic carbocycles. The Hall–Kier alpha value is -2.93. The number of halogens is 2. The first-order valence-corrected chi connectivity index (χ1v) is 8.86. The normalized spacial score (nSPS) is 16.2. The molecule has 1 N–H and O–H groups in total. The average Bonchev–Trinajstić information content (AvgIpc) is 2.69. The highest BCUT2D eigenvalue weighted by atomic mass is 19.2. The fourth-order valence-electron chi connectivity index (χ4n) is 3.86. The lowest BCUT2D eigenvalue weighted by atomic mass is 9.94. The van der Waals surface area contributed by atoms with Crippen LogP contribution in [0.3, 0.4) is 0 Å². The molecule has 0 saturated heterocycles. The van der Waals surface area contributed by atoms with Crippen LogP contribution in [0.25, 0.3) is 10.9 Å². The summed E-state index contributed by atoms with van der Waals surface area (Å²) in [5, 5.41) is 11.3. The number of fused-ring (bicyclic) bond motifs is 2. The van der Waals surface area contributed by atoms with Crippen molar-refractivity contribution in [2.24, 2.45) is 0 Å². The van der Waals surface area contributed by atoms with Gasteiger partial charge in [-0.25, -0.2) is 13.8 Å². The first-order valence-electron chi connectivity index (χ1n) is 8.86. The van der Waals surface area contributed by atoms with Crippen LogP contribution in [-0.2, 0) is 6.54 Å². The fraction of sp³-hybridized carbons (Fsp3) is 0.286. The molecule has 0 spiro atoms. The van der Waals surface area contributed by atoms with Gasteiger partial charge in [-0.2, -0.15) is 0 Å². The van der Waals surface area contributed by atoms with Crippen molar-refractivity contribution in [1.29, 1.82) is 0 Å². The first kappa shape index (κ1) is 18.4. The van der Waals surface area contributed by atoms with Crippen LogP contribution >= 0.6 is 0 Å². The molecule has 4 rings (SSSR count). The van der Waals surface area contributed by atoms with Crippen LogP contribution in [0.2, 0.25) is 0 Å². The van der Waals surface area contributed by atoms with Crippen molar-refractivity contribution in [3.63, 3.8) is 0 Å². The van der Waals surface area contributed by atoms with Crippen LogP contribution < -0.4 is 14.4 Å². The summed E-state index contributed by atoms with van der Waals surface area (Å²) in [5.41, 5.74) is 2.70. The van der Waals surface area contributed by atoms with Gasteiger partial charge in [0.05, 0.1) is 14.2 Å². The monoisotopic (exact) mass is 386 g/mol. The first-order chi connectivity index (χ1) is 13.4. The summed E-state index contributed by atoms with van der Waals surface area (Å²) < 4.78 is 38.9. The van der Waals surface area contributed by atoms with Gasteiger partial charge in [0.1, 0.15) is 23.1 Å². The van der Waals surface area contributed by atoms with Crippen LogP contribution in [0, 0.1) is 18.6 Å². The third-order valence-electron chi connectivity index (χ3n) is 5.11. The number of aliphatic hydroxyl groups is 1. The molecular weight excluding hydrogens is 366 g/mol. The van der Waals surface area contributed by atoms with E-state index in [1.807, 2.05) is 11.0 Å². The van der Waals surface area contributed by atoms with Crippen molar-refractivity contribution < 1.29 is 23.4 Å². The van der Waals surface area contributed by atoms with Crippen molar-refractivity contribution in [2.75, 3.05) is 25.7 Å². The number of β-amino-alcohol motifs (C(OH)–C–C–N with tert-alkyl or cyclic N) is 1. The van der Waals surface area contributed by atoms with E-state index in [4.69, 9.17) is 9.47 Å². The van der Waals surface area contributed by atoms with Crippen molar-refractivity contribution >= 4 is 16.6 Å². The number of pyridine rings is 1. The van der Waals surface area contributed by atoms with Gasteiger partial charge in [-0.1, -0.05) is 0 Å². The molecule has 0 fully saturated rings. The largest absolute Gasteiger partial charge is 0.496 e. The zero-order chi connectivity index (χ0) is 20.0. The number of anilines is 1. The maximum atomic E-state index is 14.3. The molecule has 0 bridgehead atoms. The van der Waals surface area contributed by atoms with E-state index in [1.165, 1.54) is 6.07 Å². The Balaban J connectivity index is 1.88. The highest BCUT2D eigenvalue weighted by Crippen LogP contribution is 2.42. The molecule has 1 aromatic heterocycles. The zero-order valence-electron chi connectivity index (χ0n) is 15.8. The number of aryl methyl sites for hydroxylation is 1. The Bertz CT molecular complexity index is 1070. The molecule has 146 valence electrons. The molecule has 0 aliphatic carbocycles. The zero-order valence-corrected chi connectivity index (χ0v) is 15.8. The number of rotatable bonds is 3. The molecule has 7 heteroatoms. The Morgan fingerprint density at radius 1 is 1.11 bits per heavy atom. The quantitative estimate of drug-likeness (QED) is 0.740. The lowest BCUT2D eigenvalue weighted by Gasteiger charge is -2.36. The molecule has 5 nitrogen and oxygen atoms in total. The van der Waals surface area contributed by atoms with Crippen molar-refractivity contribution in [3.05, 3.63) is 58.8 Å². The van der Waals surface area contributed by atoms with E-state index >= 15 is 0 Å². The van der Waals surface area contributed by atoms with Gasteiger partial charge < -0.3 is 19.5 Å². The molecule has 0 amide bonds. The molecule has 3 aromatic rings. The molecule has 1 aliphatic heterocycles. The van der Waals surface area contributed by atoms with E-state index < -0.39 is 17.7 Å². The highest BCUT2D eigenvalue weighted by molar-refractivity contribution is 5.92. The van der Waals surface area contributed by atoms with E-state index in [1.54, 1.807) is 33.3 Å². The van der Waals surface area contributed by atoms with Crippen molar-refractivity contribution in [1.82, 2.24) is 4.98 Å². The van der Waals surface area contributed by atoms with Crippen LogP contribution in [0.4, 0.5) is 14.5 Å². The number of hydrogen-bond donors (Lipinski definition) is 1. The topological polar surface area (TPSA) is 54.8 Å². The van der Waals surface area contributed by atoms with Gasteiger partial charge in [0.25, 0.3) is 0 Å². The van der Waals surface area contributed by atoms with Gasteiger partial charge in [-0.05, 0) is 37.3 Å². The number of hydrogen-bond acceptors (Lipinski definition) is 5. The minimum atomic E-state index is -0.973. The van der Waals surface area contributed by atoms with Gasteiger partial charge >= 0.3 is 0 Å². The molecular formula is C21H20F2N2O3. The van der Waals surface area contributed by atoms with Crippen LogP contribution in [-0.4, -0.2) is 30.9 Å².